The Balaban J connectivity index is 1.84. The summed E-state index contributed by atoms with van der Waals surface area (Å²) >= 11 is 6.01. The zero-order valence-electron chi connectivity index (χ0n) is 15.4. The second-order valence-corrected chi connectivity index (χ2v) is 7.00. The molecule has 2 amide bonds. The third-order valence-electron chi connectivity index (χ3n) is 3.97. The molecule has 0 atom stereocenters. The van der Waals surface area contributed by atoms with Crippen LogP contribution in [0.4, 0.5) is 5.69 Å². The fraction of sp³-hybridized carbons (Fsp3) is 0.200. The molecule has 0 aliphatic heterocycles. The highest BCUT2D eigenvalue weighted by atomic mass is 35.5. The van der Waals surface area contributed by atoms with E-state index in [0.29, 0.717) is 15.9 Å². The lowest BCUT2D eigenvalue weighted by atomic mass is 10.1. The molecular weight excluding hydrogens is 380 g/mol. The van der Waals surface area contributed by atoms with Crippen LogP contribution in [0.2, 0.25) is 5.02 Å². The number of rotatable bonds is 5. The van der Waals surface area contributed by atoms with Crippen LogP contribution >= 0.6 is 11.6 Å². The number of carbonyl (C=O) groups is 2. The molecule has 1 heterocycles. The number of para-hydroxylation sites is 1. The van der Waals surface area contributed by atoms with Gasteiger partial charge in [-0.2, -0.15) is 0 Å². The number of aromatic nitrogens is 2. The number of hydrogen-bond donors (Lipinski definition) is 2. The lowest BCUT2D eigenvalue weighted by molar-refractivity contribution is -0.116. The van der Waals surface area contributed by atoms with Crippen molar-refractivity contribution >= 4 is 40.0 Å². The van der Waals surface area contributed by atoms with Gasteiger partial charge in [-0.25, -0.2) is 4.98 Å². The van der Waals surface area contributed by atoms with Crippen LogP contribution in [0.25, 0.3) is 10.9 Å². The predicted molar refractivity (Wildman–Crippen MR) is 109 cm³/mol. The molecule has 1 aromatic heterocycles. The number of fused-ring (bicyclic) bond motifs is 1. The quantitative estimate of drug-likeness (QED) is 0.691. The van der Waals surface area contributed by atoms with Crippen LogP contribution in [0.1, 0.15) is 24.2 Å². The molecular formula is C20H19ClN4O3. The number of benzene rings is 2. The van der Waals surface area contributed by atoms with Crippen LogP contribution in [0.15, 0.2) is 53.6 Å². The van der Waals surface area contributed by atoms with Gasteiger partial charge in [0.15, 0.2) is 0 Å². The molecule has 3 rings (SSSR count). The Kier molecular flexibility index (Phi) is 5.75. The average Bonchev–Trinajstić information content (AvgIpc) is 2.63. The Labute approximate surface area is 166 Å². The van der Waals surface area contributed by atoms with E-state index < -0.39 is 5.91 Å². The Bertz CT molecular complexity index is 1110. The number of halogens is 1. The first-order valence-corrected chi connectivity index (χ1v) is 9.07. The fourth-order valence-corrected chi connectivity index (χ4v) is 2.89. The average molecular weight is 399 g/mol. The van der Waals surface area contributed by atoms with E-state index in [9.17, 15) is 14.4 Å². The summed E-state index contributed by atoms with van der Waals surface area (Å²) in [6.45, 7) is 3.44. The molecule has 2 N–H and O–H groups in total. The second-order valence-electron chi connectivity index (χ2n) is 6.56. The van der Waals surface area contributed by atoms with Gasteiger partial charge < -0.3 is 10.6 Å². The maximum atomic E-state index is 12.5. The van der Waals surface area contributed by atoms with E-state index >= 15 is 0 Å². The zero-order chi connectivity index (χ0) is 20.3. The van der Waals surface area contributed by atoms with E-state index in [1.807, 2.05) is 13.8 Å². The highest BCUT2D eigenvalue weighted by Gasteiger charge is 2.16. The minimum Gasteiger partial charge on any atom is -0.350 e. The van der Waals surface area contributed by atoms with Crippen molar-refractivity contribution in [2.75, 3.05) is 5.32 Å². The SMILES string of the molecule is CC(C)NC(=O)c1ccc(Cl)cc1NC(=O)Cn1cnc2ccccc2c1=O. The number of nitrogens with one attached hydrogen (secondary N) is 2. The molecule has 8 heteroatoms. The fourth-order valence-electron chi connectivity index (χ4n) is 2.72. The van der Waals surface area contributed by atoms with E-state index in [-0.39, 0.29) is 35.3 Å². The van der Waals surface area contributed by atoms with Gasteiger partial charge in [0.1, 0.15) is 6.54 Å². The third-order valence-corrected chi connectivity index (χ3v) is 4.20. The van der Waals surface area contributed by atoms with Crippen LogP contribution in [-0.2, 0) is 11.3 Å². The van der Waals surface area contributed by atoms with Gasteiger partial charge in [0.25, 0.3) is 11.5 Å². The van der Waals surface area contributed by atoms with Crippen molar-refractivity contribution in [2.45, 2.75) is 26.4 Å². The monoisotopic (exact) mass is 398 g/mol. The maximum Gasteiger partial charge on any atom is 0.261 e. The highest BCUT2D eigenvalue weighted by molar-refractivity contribution is 6.31. The second kappa shape index (κ2) is 8.22. The predicted octanol–water partition coefficient (Wildman–Crippen LogP) is 2.83. The van der Waals surface area contributed by atoms with Gasteiger partial charge in [0.05, 0.1) is 28.5 Å². The Morgan fingerprint density at radius 2 is 1.93 bits per heavy atom. The summed E-state index contributed by atoms with van der Waals surface area (Å²) in [5.41, 5.74) is 0.809. The minimum absolute atomic E-state index is 0.0611. The van der Waals surface area contributed by atoms with E-state index in [1.165, 1.54) is 17.0 Å². The summed E-state index contributed by atoms with van der Waals surface area (Å²) in [5.74, 6) is -0.799. The highest BCUT2D eigenvalue weighted by Crippen LogP contribution is 2.21. The first kappa shape index (κ1) is 19.6. The summed E-state index contributed by atoms with van der Waals surface area (Å²) < 4.78 is 1.22. The largest absolute Gasteiger partial charge is 0.350 e. The first-order chi connectivity index (χ1) is 13.3. The molecule has 0 aliphatic rings. The Hall–Kier alpha value is -3.19. The molecule has 0 unspecified atom stereocenters. The first-order valence-electron chi connectivity index (χ1n) is 8.69. The summed E-state index contributed by atoms with van der Waals surface area (Å²) in [7, 11) is 0. The molecule has 2 aromatic carbocycles. The molecule has 28 heavy (non-hydrogen) atoms. The van der Waals surface area contributed by atoms with E-state index in [4.69, 9.17) is 11.6 Å². The van der Waals surface area contributed by atoms with Gasteiger partial charge in [0, 0.05) is 11.1 Å². The van der Waals surface area contributed by atoms with Gasteiger partial charge in [-0.15, -0.1) is 0 Å². The number of nitrogens with zero attached hydrogens (tertiary/aromatic N) is 2. The van der Waals surface area contributed by atoms with Crippen molar-refractivity contribution < 1.29 is 9.59 Å². The topological polar surface area (TPSA) is 93.1 Å². The Morgan fingerprint density at radius 1 is 1.18 bits per heavy atom. The lowest BCUT2D eigenvalue weighted by Crippen LogP contribution is -2.32. The maximum absolute atomic E-state index is 12.5. The van der Waals surface area contributed by atoms with Gasteiger partial charge >= 0.3 is 0 Å². The summed E-state index contributed by atoms with van der Waals surface area (Å²) in [4.78, 5) is 41.6. The van der Waals surface area contributed by atoms with Gasteiger partial charge in [-0.3, -0.25) is 19.0 Å². The van der Waals surface area contributed by atoms with Gasteiger partial charge in [0.2, 0.25) is 5.91 Å². The summed E-state index contributed by atoms with van der Waals surface area (Å²) in [6, 6.07) is 11.5. The number of carbonyl (C=O) groups excluding carboxylic acids is 2. The third kappa shape index (κ3) is 4.37. The minimum atomic E-state index is -0.472. The number of amides is 2. The molecule has 0 radical (unpaired) electrons. The van der Waals surface area contributed by atoms with E-state index in [2.05, 4.69) is 15.6 Å². The lowest BCUT2D eigenvalue weighted by Gasteiger charge is -2.14. The summed E-state index contributed by atoms with van der Waals surface area (Å²) in [5, 5.41) is 6.23. The molecule has 144 valence electrons. The van der Waals surface area contributed by atoms with Crippen LogP contribution in [-0.4, -0.2) is 27.4 Å². The molecule has 7 nitrogen and oxygen atoms in total. The van der Waals surface area contributed by atoms with E-state index in [1.54, 1.807) is 36.4 Å². The van der Waals surface area contributed by atoms with Crippen molar-refractivity contribution in [2.24, 2.45) is 0 Å². The zero-order valence-corrected chi connectivity index (χ0v) is 16.2. The summed E-state index contributed by atoms with van der Waals surface area (Å²) in [6.07, 6.45) is 1.33. The molecule has 0 bridgehead atoms. The van der Waals surface area contributed by atoms with Crippen LogP contribution in [0.5, 0.6) is 0 Å². The number of anilines is 1. The molecule has 0 spiro atoms. The van der Waals surface area contributed by atoms with Crippen molar-refractivity contribution in [1.29, 1.82) is 0 Å². The van der Waals surface area contributed by atoms with Crippen LogP contribution in [0.3, 0.4) is 0 Å². The molecule has 0 saturated heterocycles. The molecule has 0 fully saturated rings. The molecule has 3 aromatic rings. The smallest absolute Gasteiger partial charge is 0.261 e. The van der Waals surface area contributed by atoms with Gasteiger partial charge in [-0.1, -0.05) is 23.7 Å². The standard InChI is InChI=1S/C20H19ClN4O3/c1-12(2)23-19(27)14-8-7-13(21)9-17(14)24-18(26)10-25-11-22-16-6-4-3-5-15(16)20(25)28/h3-9,11-12H,10H2,1-2H3,(H,23,27)(H,24,26). The van der Waals surface area contributed by atoms with Crippen molar-refractivity contribution in [3.63, 3.8) is 0 Å². The van der Waals surface area contributed by atoms with Crippen molar-refractivity contribution in [3.8, 4) is 0 Å². The van der Waals surface area contributed by atoms with Gasteiger partial charge in [-0.05, 0) is 44.2 Å². The van der Waals surface area contributed by atoms with Crippen molar-refractivity contribution in [1.82, 2.24) is 14.9 Å². The molecule has 0 aliphatic carbocycles. The van der Waals surface area contributed by atoms with Crippen molar-refractivity contribution in [3.05, 3.63) is 69.7 Å². The molecule has 0 saturated carbocycles. The van der Waals surface area contributed by atoms with Crippen LogP contribution in [0, 0.1) is 0 Å². The van der Waals surface area contributed by atoms with Crippen LogP contribution < -0.4 is 16.2 Å². The normalized spacial score (nSPS) is 10.9. The Morgan fingerprint density at radius 3 is 2.68 bits per heavy atom. The number of hydrogen-bond acceptors (Lipinski definition) is 4. The van der Waals surface area contributed by atoms with E-state index in [0.717, 1.165) is 0 Å².